The minimum atomic E-state index is 0.188. The van der Waals surface area contributed by atoms with Crippen LogP contribution in [0.3, 0.4) is 0 Å². The van der Waals surface area contributed by atoms with Crippen LogP contribution in [-0.2, 0) is 13.1 Å². The van der Waals surface area contributed by atoms with Crippen molar-refractivity contribution in [3.8, 4) is 5.75 Å². The van der Waals surface area contributed by atoms with Crippen LogP contribution < -0.4 is 4.74 Å². The molecule has 0 saturated heterocycles. The molecule has 0 aliphatic heterocycles. The van der Waals surface area contributed by atoms with Crippen molar-refractivity contribution >= 4 is 10.9 Å². The van der Waals surface area contributed by atoms with Gasteiger partial charge in [0.1, 0.15) is 11.6 Å². The third-order valence-electron chi connectivity index (χ3n) is 3.64. The van der Waals surface area contributed by atoms with E-state index in [0.717, 1.165) is 24.7 Å². The molecule has 0 atom stereocenters. The molecule has 3 rings (SSSR count). The van der Waals surface area contributed by atoms with Gasteiger partial charge in [0.2, 0.25) is 0 Å². The summed E-state index contributed by atoms with van der Waals surface area (Å²) >= 11 is 0. The fraction of sp³-hybridized carbons (Fsp3) is 0.353. The maximum Gasteiger partial charge on any atom is 0.129 e. The second-order valence-corrected chi connectivity index (χ2v) is 5.53. The molecule has 4 heteroatoms. The molecule has 110 valence electrons. The lowest BCUT2D eigenvalue weighted by Crippen LogP contribution is -2.07. The molecule has 0 fully saturated rings. The smallest absolute Gasteiger partial charge is 0.129 e. The first-order valence-corrected chi connectivity index (χ1v) is 7.37. The Hall–Kier alpha value is -2.23. The molecule has 0 unspecified atom stereocenters. The van der Waals surface area contributed by atoms with Crippen molar-refractivity contribution in [2.24, 2.45) is 0 Å². The van der Waals surface area contributed by atoms with Crippen LogP contribution in [0.2, 0.25) is 0 Å². The molecule has 0 spiro atoms. The van der Waals surface area contributed by atoms with Crippen LogP contribution in [0.15, 0.2) is 42.9 Å². The van der Waals surface area contributed by atoms with Crippen molar-refractivity contribution in [1.82, 2.24) is 14.1 Å². The average molecular weight is 283 g/mol. The van der Waals surface area contributed by atoms with Gasteiger partial charge in [0.05, 0.1) is 11.6 Å². The molecule has 0 amide bonds. The van der Waals surface area contributed by atoms with Crippen LogP contribution in [0.25, 0.3) is 10.9 Å². The summed E-state index contributed by atoms with van der Waals surface area (Å²) in [5.74, 6) is 2.01. The summed E-state index contributed by atoms with van der Waals surface area (Å²) in [4.78, 5) is 4.26. The molecule has 0 saturated carbocycles. The summed E-state index contributed by atoms with van der Waals surface area (Å²) in [7, 11) is 0. The molecular formula is C17H21N3O. The molecule has 2 heterocycles. The molecule has 0 radical (unpaired) electrons. The largest absolute Gasteiger partial charge is 0.490 e. The van der Waals surface area contributed by atoms with E-state index in [2.05, 4.69) is 52.4 Å². The Kier molecular flexibility index (Phi) is 3.69. The zero-order valence-electron chi connectivity index (χ0n) is 12.8. The SMILES string of the molecule is Cc1nccn1CCn1ccc2c(OC(C)C)cccc21. The van der Waals surface area contributed by atoms with E-state index in [9.17, 15) is 0 Å². The van der Waals surface area contributed by atoms with Gasteiger partial charge in [-0.05, 0) is 39.0 Å². The zero-order chi connectivity index (χ0) is 14.8. The first kappa shape index (κ1) is 13.7. The molecule has 0 aliphatic rings. The van der Waals surface area contributed by atoms with Crippen LogP contribution in [0.1, 0.15) is 19.7 Å². The normalized spacial score (nSPS) is 11.4. The topological polar surface area (TPSA) is 32.0 Å². The molecular weight excluding hydrogens is 262 g/mol. The summed E-state index contributed by atoms with van der Waals surface area (Å²) in [5.41, 5.74) is 1.21. The monoisotopic (exact) mass is 283 g/mol. The summed E-state index contributed by atoms with van der Waals surface area (Å²) in [6, 6.07) is 8.36. The number of nitrogens with zero attached hydrogens (tertiary/aromatic N) is 3. The maximum absolute atomic E-state index is 5.88. The van der Waals surface area contributed by atoms with Gasteiger partial charge in [-0.1, -0.05) is 6.07 Å². The van der Waals surface area contributed by atoms with Crippen LogP contribution >= 0.6 is 0 Å². The number of benzene rings is 1. The molecule has 0 bridgehead atoms. The molecule has 4 nitrogen and oxygen atoms in total. The highest BCUT2D eigenvalue weighted by atomic mass is 16.5. The van der Waals surface area contributed by atoms with E-state index < -0.39 is 0 Å². The standard InChI is InChI=1S/C17H21N3O/c1-13(2)21-17-6-4-5-16-15(17)7-9-20(16)12-11-19-10-8-18-14(19)3/h4-10,13H,11-12H2,1-3H3. The Labute approximate surface area is 125 Å². The van der Waals surface area contributed by atoms with Crippen molar-refractivity contribution in [2.75, 3.05) is 0 Å². The van der Waals surface area contributed by atoms with Crippen molar-refractivity contribution in [3.63, 3.8) is 0 Å². The third kappa shape index (κ3) is 2.79. The van der Waals surface area contributed by atoms with Gasteiger partial charge in [-0.25, -0.2) is 4.98 Å². The van der Waals surface area contributed by atoms with Gasteiger partial charge in [-0.2, -0.15) is 0 Å². The average Bonchev–Trinajstić information content (AvgIpc) is 3.03. The molecule has 1 aromatic carbocycles. The number of ether oxygens (including phenoxy) is 1. The number of fused-ring (bicyclic) bond motifs is 1. The van der Waals surface area contributed by atoms with Gasteiger partial charge in [-0.15, -0.1) is 0 Å². The highest BCUT2D eigenvalue weighted by molar-refractivity contribution is 5.86. The minimum Gasteiger partial charge on any atom is -0.490 e. The summed E-state index contributed by atoms with van der Waals surface area (Å²) in [6.45, 7) is 7.98. The van der Waals surface area contributed by atoms with E-state index in [4.69, 9.17) is 4.74 Å². The third-order valence-corrected chi connectivity index (χ3v) is 3.64. The number of rotatable bonds is 5. The second-order valence-electron chi connectivity index (χ2n) is 5.53. The number of hydrogen-bond acceptors (Lipinski definition) is 2. The van der Waals surface area contributed by atoms with Crippen molar-refractivity contribution < 1.29 is 4.74 Å². The summed E-state index contributed by atoms with van der Waals surface area (Å²) in [6.07, 6.45) is 6.18. The Morgan fingerprint density at radius 2 is 1.90 bits per heavy atom. The molecule has 0 aliphatic carbocycles. The van der Waals surface area contributed by atoms with Crippen LogP contribution in [-0.4, -0.2) is 20.2 Å². The predicted molar refractivity (Wildman–Crippen MR) is 84.7 cm³/mol. The van der Waals surface area contributed by atoms with Gasteiger partial charge >= 0.3 is 0 Å². The fourth-order valence-corrected chi connectivity index (χ4v) is 2.60. The summed E-state index contributed by atoms with van der Waals surface area (Å²) in [5, 5.41) is 1.17. The molecule has 21 heavy (non-hydrogen) atoms. The van der Waals surface area contributed by atoms with Crippen LogP contribution in [0, 0.1) is 6.92 Å². The number of aromatic nitrogens is 3. The van der Waals surface area contributed by atoms with E-state index in [-0.39, 0.29) is 6.10 Å². The molecule has 2 aromatic heterocycles. The Bertz CT molecular complexity index is 739. The molecule has 3 aromatic rings. The van der Waals surface area contributed by atoms with E-state index in [1.54, 1.807) is 0 Å². The van der Waals surface area contributed by atoms with Gasteiger partial charge in [0, 0.05) is 37.1 Å². The predicted octanol–water partition coefficient (Wildman–Crippen LogP) is 3.63. The first-order chi connectivity index (χ1) is 10.1. The van der Waals surface area contributed by atoms with Crippen molar-refractivity contribution in [3.05, 3.63) is 48.7 Å². The minimum absolute atomic E-state index is 0.188. The van der Waals surface area contributed by atoms with Gasteiger partial charge in [-0.3, -0.25) is 0 Å². The zero-order valence-corrected chi connectivity index (χ0v) is 12.8. The van der Waals surface area contributed by atoms with E-state index in [0.29, 0.717) is 0 Å². The Balaban J connectivity index is 1.85. The van der Waals surface area contributed by atoms with Gasteiger partial charge in [0.25, 0.3) is 0 Å². The maximum atomic E-state index is 5.88. The van der Waals surface area contributed by atoms with Gasteiger partial charge < -0.3 is 13.9 Å². The van der Waals surface area contributed by atoms with Crippen molar-refractivity contribution in [1.29, 1.82) is 0 Å². The highest BCUT2D eigenvalue weighted by Crippen LogP contribution is 2.27. The fourth-order valence-electron chi connectivity index (χ4n) is 2.60. The first-order valence-electron chi connectivity index (χ1n) is 7.37. The van der Waals surface area contributed by atoms with E-state index in [1.807, 2.05) is 25.4 Å². The lowest BCUT2D eigenvalue weighted by Gasteiger charge is -2.12. The highest BCUT2D eigenvalue weighted by Gasteiger charge is 2.08. The Morgan fingerprint density at radius 1 is 1.10 bits per heavy atom. The number of imidazole rings is 1. The number of hydrogen-bond donors (Lipinski definition) is 0. The number of aryl methyl sites for hydroxylation is 3. The van der Waals surface area contributed by atoms with Gasteiger partial charge in [0.15, 0.2) is 0 Å². The van der Waals surface area contributed by atoms with Crippen molar-refractivity contribution in [2.45, 2.75) is 40.0 Å². The Morgan fingerprint density at radius 3 is 2.62 bits per heavy atom. The van der Waals surface area contributed by atoms with Crippen LogP contribution in [0.4, 0.5) is 0 Å². The summed E-state index contributed by atoms with van der Waals surface area (Å²) < 4.78 is 10.3. The van der Waals surface area contributed by atoms with E-state index >= 15 is 0 Å². The lowest BCUT2D eigenvalue weighted by molar-refractivity contribution is 0.245. The lowest BCUT2D eigenvalue weighted by atomic mass is 10.2. The van der Waals surface area contributed by atoms with E-state index in [1.165, 1.54) is 10.9 Å². The second kappa shape index (κ2) is 5.64. The van der Waals surface area contributed by atoms with Crippen LogP contribution in [0.5, 0.6) is 5.75 Å². The quantitative estimate of drug-likeness (QED) is 0.716. The molecule has 0 N–H and O–H groups in total.